The second-order valence-corrected chi connectivity index (χ2v) is 7.64. The minimum atomic E-state index is -3.40. The summed E-state index contributed by atoms with van der Waals surface area (Å²) < 4.78 is 26.8. The third kappa shape index (κ3) is 2.87. The molecule has 1 aromatic rings. The van der Waals surface area contributed by atoms with Crippen molar-refractivity contribution in [3.63, 3.8) is 0 Å². The van der Waals surface area contributed by atoms with E-state index in [0.717, 1.165) is 24.0 Å². The number of rotatable bonds is 4. The molecule has 1 fully saturated rings. The van der Waals surface area contributed by atoms with E-state index in [9.17, 15) is 8.42 Å². The summed E-state index contributed by atoms with van der Waals surface area (Å²) in [6.45, 7) is 5.15. The number of benzene rings is 1. The van der Waals surface area contributed by atoms with Crippen LogP contribution in [0.5, 0.6) is 0 Å². The zero-order valence-electron chi connectivity index (χ0n) is 11.8. The molecule has 0 radical (unpaired) electrons. The highest BCUT2D eigenvalue weighted by atomic mass is 32.2. The number of hydrogen-bond donors (Lipinski definition) is 1. The molecule has 1 atom stereocenters. The maximum Gasteiger partial charge on any atom is 0.243 e. The Morgan fingerprint density at radius 1 is 1.50 bits per heavy atom. The largest absolute Gasteiger partial charge is 0.389 e. The van der Waals surface area contributed by atoms with Crippen molar-refractivity contribution < 1.29 is 8.42 Å². The first-order valence-corrected chi connectivity index (χ1v) is 8.61. The molecule has 1 aliphatic rings. The highest BCUT2D eigenvalue weighted by Gasteiger charge is 2.31. The van der Waals surface area contributed by atoms with Gasteiger partial charge in [0.2, 0.25) is 10.0 Å². The summed E-state index contributed by atoms with van der Waals surface area (Å²) in [5.74, 6) is 0.474. The van der Waals surface area contributed by atoms with E-state index in [1.165, 1.54) is 0 Å². The topological polar surface area (TPSA) is 63.4 Å². The fraction of sp³-hybridized carbons (Fsp3) is 0.500. The van der Waals surface area contributed by atoms with Crippen molar-refractivity contribution in [3.8, 4) is 0 Å². The van der Waals surface area contributed by atoms with Gasteiger partial charge < -0.3 is 5.73 Å². The molecule has 1 unspecified atom stereocenters. The average molecular weight is 312 g/mol. The van der Waals surface area contributed by atoms with Crippen molar-refractivity contribution in [2.24, 2.45) is 11.7 Å². The summed E-state index contributed by atoms with van der Waals surface area (Å²) in [7, 11) is -3.40. The zero-order valence-corrected chi connectivity index (χ0v) is 13.4. The van der Waals surface area contributed by atoms with Gasteiger partial charge in [-0.15, -0.1) is 0 Å². The van der Waals surface area contributed by atoms with E-state index in [1.807, 2.05) is 6.92 Å². The third-order valence-electron chi connectivity index (χ3n) is 3.93. The van der Waals surface area contributed by atoms with E-state index in [0.29, 0.717) is 28.9 Å². The lowest BCUT2D eigenvalue weighted by Gasteiger charge is -2.17. The van der Waals surface area contributed by atoms with Gasteiger partial charge in [0.25, 0.3) is 0 Å². The Balaban J connectivity index is 2.31. The van der Waals surface area contributed by atoms with Crippen molar-refractivity contribution in [1.82, 2.24) is 4.31 Å². The normalized spacial score (nSPS) is 20.2. The fourth-order valence-electron chi connectivity index (χ4n) is 2.57. The molecule has 0 bridgehead atoms. The number of aryl methyl sites for hydroxylation is 1. The van der Waals surface area contributed by atoms with Gasteiger partial charge in [-0.05, 0) is 37.0 Å². The second-order valence-electron chi connectivity index (χ2n) is 5.27. The van der Waals surface area contributed by atoms with Crippen LogP contribution in [-0.4, -0.2) is 30.8 Å². The van der Waals surface area contributed by atoms with Gasteiger partial charge in [-0.1, -0.05) is 31.6 Å². The predicted octanol–water partition coefficient (Wildman–Crippen LogP) is 2.05. The summed E-state index contributed by atoms with van der Waals surface area (Å²) in [5, 5.41) is 0. The molecule has 110 valence electrons. The third-order valence-corrected chi connectivity index (χ3v) is 6.01. The molecule has 0 amide bonds. The summed E-state index contributed by atoms with van der Waals surface area (Å²) in [6, 6.07) is 4.94. The molecule has 0 aliphatic carbocycles. The van der Waals surface area contributed by atoms with Gasteiger partial charge in [0, 0.05) is 18.7 Å². The van der Waals surface area contributed by atoms with Crippen LogP contribution in [0.3, 0.4) is 0 Å². The molecule has 0 spiro atoms. The van der Waals surface area contributed by atoms with Crippen molar-refractivity contribution >= 4 is 27.2 Å². The van der Waals surface area contributed by atoms with Gasteiger partial charge in [-0.25, -0.2) is 8.42 Å². The van der Waals surface area contributed by atoms with Gasteiger partial charge in [0.05, 0.1) is 4.90 Å². The molecular weight excluding hydrogens is 292 g/mol. The number of nitrogens with two attached hydrogens (primary N) is 1. The Bertz CT molecular complexity index is 626. The maximum atomic E-state index is 12.6. The molecule has 6 heteroatoms. The SMILES string of the molecule is CCC1CCN(S(=O)(=O)c2ccc(C(N)=S)c(C)c2)C1. The van der Waals surface area contributed by atoms with Crippen molar-refractivity contribution in [3.05, 3.63) is 29.3 Å². The second kappa shape index (κ2) is 5.79. The lowest BCUT2D eigenvalue weighted by Crippen LogP contribution is -2.29. The molecule has 0 aromatic heterocycles. The van der Waals surface area contributed by atoms with E-state index >= 15 is 0 Å². The van der Waals surface area contributed by atoms with Gasteiger partial charge in [0.1, 0.15) is 4.99 Å². The van der Waals surface area contributed by atoms with Gasteiger partial charge in [-0.3, -0.25) is 0 Å². The first kappa shape index (κ1) is 15.4. The number of hydrogen-bond acceptors (Lipinski definition) is 3. The quantitative estimate of drug-likeness (QED) is 0.864. The molecule has 20 heavy (non-hydrogen) atoms. The minimum absolute atomic E-state index is 0.290. The Hall–Kier alpha value is -0.980. The molecule has 2 N–H and O–H groups in total. The Kier molecular flexibility index (Phi) is 4.46. The molecule has 0 saturated carbocycles. The van der Waals surface area contributed by atoms with Crippen molar-refractivity contribution in [2.45, 2.75) is 31.6 Å². The molecule has 1 heterocycles. The molecule has 1 aliphatic heterocycles. The van der Waals surface area contributed by atoms with Gasteiger partial charge in [0.15, 0.2) is 0 Å². The van der Waals surface area contributed by atoms with Crippen LogP contribution in [0.15, 0.2) is 23.1 Å². The standard InChI is InChI=1S/C14H20N2O2S2/c1-3-11-6-7-16(9-11)20(17,18)12-4-5-13(14(15)19)10(2)8-12/h4-5,8,11H,3,6-7,9H2,1-2H3,(H2,15,19). The van der Waals surface area contributed by atoms with Crippen molar-refractivity contribution in [1.29, 1.82) is 0 Å². The molecule has 1 aromatic carbocycles. The van der Waals surface area contributed by atoms with Crippen LogP contribution >= 0.6 is 12.2 Å². The Morgan fingerprint density at radius 3 is 2.70 bits per heavy atom. The van der Waals surface area contributed by atoms with Crippen LogP contribution in [0.4, 0.5) is 0 Å². The van der Waals surface area contributed by atoms with Crippen LogP contribution in [0, 0.1) is 12.8 Å². The van der Waals surface area contributed by atoms with Gasteiger partial charge in [-0.2, -0.15) is 4.31 Å². The lowest BCUT2D eigenvalue weighted by atomic mass is 10.1. The van der Waals surface area contributed by atoms with E-state index in [-0.39, 0.29) is 0 Å². The van der Waals surface area contributed by atoms with Crippen LogP contribution in [-0.2, 0) is 10.0 Å². The minimum Gasteiger partial charge on any atom is -0.389 e. The van der Waals surface area contributed by atoms with Crippen LogP contribution in [0.2, 0.25) is 0 Å². The maximum absolute atomic E-state index is 12.6. The van der Waals surface area contributed by atoms with E-state index < -0.39 is 10.0 Å². The lowest BCUT2D eigenvalue weighted by molar-refractivity contribution is 0.453. The highest BCUT2D eigenvalue weighted by Crippen LogP contribution is 2.26. The highest BCUT2D eigenvalue weighted by molar-refractivity contribution is 7.89. The summed E-state index contributed by atoms with van der Waals surface area (Å²) in [6.07, 6.45) is 1.96. The fourth-order valence-corrected chi connectivity index (χ4v) is 4.42. The predicted molar refractivity (Wildman–Crippen MR) is 84.2 cm³/mol. The molecule has 1 saturated heterocycles. The van der Waals surface area contributed by atoms with E-state index in [2.05, 4.69) is 6.92 Å². The molecule has 4 nitrogen and oxygen atoms in total. The monoisotopic (exact) mass is 312 g/mol. The van der Waals surface area contributed by atoms with Crippen LogP contribution in [0.25, 0.3) is 0 Å². The smallest absolute Gasteiger partial charge is 0.243 e. The average Bonchev–Trinajstić information content (AvgIpc) is 2.87. The first-order chi connectivity index (χ1) is 9.36. The Morgan fingerprint density at radius 2 is 2.20 bits per heavy atom. The molecular formula is C14H20N2O2S2. The number of sulfonamides is 1. The van der Waals surface area contributed by atoms with Crippen molar-refractivity contribution in [2.75, 3.05) is 13.1 Å². The van der Waals surface area contributed by atoms with E-state index in [1.54, 1.807) is 22.5 Å². The first-order valence-electron chi connectivity index (χ1n) is 6.77. The number of thiocarbonyl (C=S) groups is 1. The molecule has 2 rings (SSSR count). The van der Waals surface area contributed by atoms with Crippen LogP contribution < -0.4 is 5.73 Å². The Labute approximate surface area is 126 Å². The van der Waals surface area contributed by atoms with E-state index in [4.69, 9.17) is 18.0 Å². The summed E-state index contributed by atoms with van der Waals surface area (Å²) in [4.78, 5) is 0.616. The zero-order chi connectivity index (χ0) is 14.9. The van der Waals surface area contributed by atoms with Crippen LogP contribution in [0.1, 0.15) is 30.9 Å². The summed E-state index contributed by atoms with van der Waals surface area (Å²) >= 11 is 4.94. The summed E-state index contributed by atoms with van der Waals surface area (Å²) in [5.41, 5.74) is 7.13. The van der Waals surface area contributed by atoms with Gasteiger partial charge >= 0.3 is 0 Å². The number of nitrogens with zero attached hydrogens (tertiary/aromatic N) is 1.